The molecule has 1 aromatic rings. The predicted molar refractivity (Wildman–Crippen MR) is 86.4 cm³/mol. The van der Waals surface area contributed by atoms with Crippen molar-refractivity contribution in [2.45, 2.75) is 39.1 Å². The van der Waals surface area contributed by atoms with Crippen LogP contribution < -0.4 is 5.32 Å². The summed E-state index contributed by atoms with van der Waals surface area (Å²) in [6, 6.07) is 0. The number of nitrogens with zero attached hydrogens (tertiary/aromatic N) is 1. The maximum atomic E-state index is 12.3. The molecule has 2 saturated heterocycles. The Balaban J connectivity index is 1.49. The van der Waals surface area contributed by atoms with Crippen LogP contribution in [0.5, 0.6) is 0 Å². The van der Waals surface area contributed by atoms with Gasteiger partial charge in [-0.25, -0.2) is 4.98 Å². The quantitative estimate of drug-likeness (QED) is 0.891. The first kappa shape index (κ1) is 16.8. The van der Waals surface area contributed by atoms with E-state index in [1.807, 2.05) is 0 Å². The maximum Gasteiger partial charge on any atom is 0.263 e. The Morgan fingerprint density at radius 3 is 2.87 bits per heavy atom. The molecule has 1 amide bonds. The smallest absolute Gasteiger partial charge is 0.263 e. The lowest BCUT2D eigenvalue weighted by molar-refractivity contribution is -0.0442. The van der Waals surface area contributed by atoms with Crippen molar-refractivity contribution in [1.29, 1.82) is 0 Å². The zero-order valence-corrected chi connectivity index (χ0v) is 14.4. The van der Waals surface area contributed by atoms with Crippen LogP contribution in [0.4, 0.5) is 0 Å². The molecule has 0 spiro atoms. The van der Waals surface area contributed by atoms with Gasteiger partial charge in [0.25, 0.3) is 5.91 Å². The van der Waals surface area contributed by atoms with Gasteiger partial charge >= 0.3 is 0 Å². The second-order valence-electron chi connectivity index (χ2n) is 6.39. The summed E-state index contributed by atoms with van der Waals surface area (Å²) in [5.41, 5.74) is 0. The van der Waals surface area contributed by atoms with Gasteiger partial charge in [-0.3, -0.25) is 4.79 Å². The van der Waals surface area contributed by atoms with Crippen LogP contribution in [0.15, 0.2) is 6.20 Å². The minimum absolute atomic E-state index is 0.0701. The van der Waals surface area contributed by atoms with E-state index in [1.54, 1.807) is 6.20 Å². The Bertz CT molecular complexity index is 528. The molecule has 0 bridgehead atoms. The van der Waals surface area contributed by atoms with Gasteiger partial charge in [0.05, 0.1) is 25.5 Å². The summed E-state index contributed by atoms with van der Waals surface area (Å²) in [5.74, 6) is 0.928. The monoisotopic (exact) mass is 340 g/mol. The highest BCUT2D eigenvalue weighted by Gasteiger charge is 2.26. The van der Waals surface area contributed by atoms with Crippen LogP contribution in [0.1, 0.15) is 47.7 Å². The van der Waals surface area contributed by atoms with E-state index in [4.69, 9.17) is 14.2 Å². The fourth-order valence-electron chi connectivity index (χ4n) is 2.88. The molecule has 2 aliphatic heterocycles. The van der Waals surface area contributed by atoms with Crippen molar-refractivity contribution in [3.63, 3.8) is 0 Å². The fourth-order valence-corrected chi connectivity index (χ4v) is 3.71. The lowest BCUT2D eigenvalue weighted by Crippen LogP contribution is -2.36. The Kier molecular flexibility index (Phi) is 5.63. The van der Waals surface area contributed by atoms with E-state index >= 15 is 0 Å². The third-order valence-corrected chi connectivity index (χ3v) is 5.31. The molecule has 7 heteroatoms. The number of amides is 1. The van der Waals surface area contributed by atoms with Crippen molar-refractivity contribution in [3.8, 4) is 0 Å². The summed E-state index contributed by atoms with van der Waals surface area (Å²) in [4.78, 5) is 17.1. The van der Waals surface area contributed by atoms with Crippen molar-refractivity contribution in [1.82, 2.24) is 10.3 Å². The van der Waals surface area contributed by atoms with Crippen molar-refractivity contribution in [3.05, 3.63) is 16.1 Å². The number of rotatable bonds is 5. The predicted octanol–water partition coefficient (Wildman–Crippen LogP) is 2.37. The van der Waals surface area contributed by atoms with Gasteiger partial charge in [-0.1, -0.05) is 13.8 Å². The Hall–Kier alpha value is -1.02. The first-order valence-corrected chi connectivity index (χ1v) is 9.04. The van der Waals surface area contributed by atoms with Gasteiger partial charge in [-0.05, 0) is 24.7 Å². The van der Waals surface area contributed by atoms with Gasteiger partial charge < -0.3 is 19.5 Å². The third-order valence-electron chi connectivity index (χ3n) is 4.29. The molecular formula is C16H24N2O4S. The molecule has 128 valence electrons. The van der Waals surface area contributed by atoms with Gasteiger partial charge in [-0.2, -0.15) is 0 Å². The molecule has 6 nitrogen and oxygen atoms in total. The summed E-state index contributed by atoms with van der Waals surface area (Å²) in [7, 11) is 0. The molecule has 3 heterocycles. The van der Waals surface area contributed by atoms with Gasteiger partial charge in [0.15, 0.2) is 0 Å². The van der Waals surface area contributed by atoms with Crippen LogP contribution in [0.25, 0.3) is 0 Å². The first-order chi connectivity index (χ1) is 11.1. The van der Waals surface area contributed by atoms with E-state index in [9.17, 15) is 4.79 Å². The normalized spacial score (nSPS) is 25.9. The van der Waals surface area contributed by atoms with E-state index < -0.39 is 6.29 Å². The molecular weight excluding hydrogens is 316 g/mol. The zero-order valence-electron chi connectivity index (χ0n) is 13.6. The molecule has 2 fully saturated rings. The highest BCUT2D eigenvalue weighted by Crippen LogP contribution is 2.27. The molecule has 0 aromatic carbocycles. The average Bonchev–Trinajstić information content (AvgIpc) is 3.23. The molecule has 2 atom stereocenters. The maximum absolute atomic E-state index is 12.3. The standard InChI is InChI=1S/C16H24N2O4S/c1-10(2)12-7-11(3-4-20-12)8-17-14(19)13-9-18-15(23-13)16-21-5-6-22-16/h9-12,16H,3-8H2,1-2H3,(H,17,19)/t11-,12+/m1/s1. The van der Waals surface area contributed by atoms with Crippen molar-refractivity contribution < 1.29 is 19.0 Å². The second-order valence-corrected chi connectivity index (χ2v) is 7.45. The number of nitrogens with one attached hydrogen (secondary N) is 1. The van der Waals surface area contributed by atoms with Gasteiger partial charge in [0.2, 0.25) is 6.29 Å². The largest absolute Gasteiger partial charge is 0.378 e. The summed E-state index contributed by atoms with van der Waals surface area (Å²) in [6.07, 6.45) is 3.50. The number of hydrogen-bond donors (Lipinski definition) is 1. The van der Waals surface area contributed by atoms with Gasteiger partial charge in [-0.15, -0.1) is 11.3 Å². The molecule has 0 radical (unpaired) electrons. The Morgan fingerprint density at radius 2 is 2.13 bits per heavy atom. The topological polar surface area (TPSA) is 69.7 Å². The van der Waals surface area contributed by atoms with Crippen molar-refractivity contribution >= 4 is 17.2 Å². The number of carbonyl (C=O) groups excluding carboxylic acids is 1. The van der Waals surface area contributed by atoms with Crippen LogP contribution >= 0.6 is 11.3 Å². The Morgan fingerprint density at radius 1 is 1.35 bits per heavy atom. The van der Waals surface area contributed by atoms with E-state index in [2.05, 4.69) is 24.1 Å². The molecule has 3 rings (SSSR count). The third kappa shape index (κ3) is 4.29. The number of aromatic nitrogens is 1. The van der Waals surface area contributed by atoms with Gasteiger partial charge in [0, 0.05) is 13.2 Å². The lowest BCUT2D eigenvalue weighted by Gasteiger charge is -2.31. The summed E-state index contributed by atoms with van der Waals surface area (Å²) in [5, 5.41) is 3.73. The molecule has 2 aliphatic rings. The molecule has 1 aromatic heterocycles. The number of ether oxygens (including phenoxy) is 3. The van der Waals surface area contributed by atoms with Crippen LogP contribution in [0, 0.1) is 11.8 Å². The molecule has 1 N–H and O–H groups in total. The summed E-state index contributed by atoms with van der Waals surface area (Å²) >= 11 is 1.33. The second kappa shape index (κ2) is 7.70. The van der Waals surface area contributed by atoms with Crippen molar-refractivity contribution in [2.24, 2.45) is 11.8 Å². The SMILES string of the molecule is CC(C)[C@@H]1C[C@H](CNC(=O)c2cnc(C3OCCO3)s2)CCO1. The highest BCUT2D eigenvalue weighted by molar-refractivity contribution is 7.13. The minimum atomic E-state index is -0.413. The van der Waals surface area contributed by atoms with Gasteiger partial charge in [0.1, 0.15) is 9.88 Å². The molecule has 23 heavy (non-hydrogen) atoms. The van der Waals surface area contributed by atoms with E-state index in [-0.39, 0.29) is 5.91 Å². The number of hydrogen-bond acceptors (Lipinski definition) is 6. The number of carbonyl (C=O) groups is 1. The molecule has 0 unspecified atom stereocenters. The fraction of sp³-hybridized carbons (Fsp3) is 0.750. The van der Waals surface area contributed by atoms with Crippen LogP contribution in [0.3, 0.4) is 0 Å². The van der Waals surface area contributed by atoms with Crippen LogP contribution in [-0.2, 0) is 14.2 Å². The van der Waals surface area contributed by atoms with E-state index in [1.165, 1.54) is 11.3 Å². The molecule has 0 saturated carbocycles. The average molecular weight is 340 g/mol. The first-order valence-electron chi connectivity index (χ1n) is 8.22. The molecule has 0 aliphatic carbocycles. The summed E-state index contributed by atoms with van der Waals surface area (Å²) < 4.78 is 16.6. The lowest BCUT2D eigenvalue weighted by atomic mass is 9.90. The van der Waals surface area contributed by atoms with Crippen molar-refractivity contribution in [2.75, 3.05) is 26.4 Å². The highest BCUT2D eigenvalue weighted by atomic mass is 32.1. The van der Waals surface area contributed by atoms with Crippen LogP contribution in [0.2, 0.25) is 0 Å². The zero-order chi connectivity index (χ0) is 16.2. The Labute approximate surface area is 140 Å². The summed E-state index contributed by atoms with van der Waals surface area (Å²) in [6.45, 7) is 6.98. The number of thiazole rings is 1. The van der Waals surface area contributed by atoms with Crippen LogP contribution in [-0.4, -0.2) is 43.4 Å². The van der Waals surface area contributed by atoms with E-state index in [0.717, 1.165) is 19.4 Å². The minimum Gasteiger partial charge on any atom is -0.378 e. The van der Waals surface area contributed by atoms with E-state index in [0.29, 0.717) is 47.6 Å².